The van der Waals surface area contributed by atoms with Crippen molar-refractivity contribution in [1.29, 1.82) is 0 Å². The van der Waals surface area contributed by atoms with Gasteiger partial charge >= 0.3 is 0 Å². The Balaban J connectivity index is 2.97. The van der Waals surface area contributed by atoms with Crippen LogP contribution in [-0.4, -0.2) is 22.9 Å². The van der Waals surface area contributed by atoms with Crippen molar-refractivity contribution in [1.82, 2.24) is 0 Å². The fraction of sp³-hybridized carbons (Fsp3) is 0.571. The SMILES string of the molecule is CCOc1cc(N)cc(NC(C)(C)C(C)(C)O)c1. The molecule has 4 heteroatoms. The molecule has 1 aromatic rings. The molecule has 1 rings (SSSR count). The van der Waals surface area contributed by atoms with Gasteiger partial charge in [-0.15, -0.1) is 0 Å². The summed E-state index contributed by atoms with van der Waals surface area (Å²) in [5.41, 5.74) is 5.97. The number of hydrogen-bond acceptors (Lipinski definition) is 4. The van der Waals surface area contributed by atoms with Gasteiger partial charge in [0.25, 0.3) is 0 Å². The van der Waals surface area contributed by atoms with Crippen LogP contribution in [0.5, 0.6) is 5.75 Å². The molecule has 0 unspecified atom stereocenters. The molecule has 0 spiro atoms. The van der Waals surface area contributed by atoms with Gasteiger partial charge in [-0.25, -0.2) is 0 Å². The zero-order valence-electron chi connectivity index (χ0n) is 11.9. The number of rotatable bonds is 5. The number of nitrogens with one attached hydrogen (secondary N) is 1. The molecular weight excluding hydrogens is 228 g/mol. The average molecular weight is 252 g/mol. The molecule has 0 aromatic heterocycles. The lowest BCUT2D eigenvalue weighted by atomic mass is 9.86. The summed E-state index contributed by atoms with van der Waals surface area (Å²) in [5, 5.41) is 13.4. The van der Waals surface area contributed by atoms with Crippen LogP contribution in [0.1, 0.15) is 34.6 Å². The van der Waals surface area contributed by atoms with Crippen molar-refractivity contribution >= 4 is 11.4 Å². The van der Waals surface area contributed by atoms with Gasteiger partial charge in [0.05, 0.1) is 17.7 Å². The minimum atomic E-state index is -0.858. The summed E-state index contributed by atoms with van der Waals surface area (Å²) < 4.78 is 5.44. The minimum absolute atomic E-state index is 0.482. The third-order valence-corrected chi connectivity index (χ3v) is 3.23. The molecule has 0 aliphatic heterocycles. The molecule has 0 heterocycles. The van der Waals surface area contributed by atoms with Crippen LogP contribution in [0.15, 0.2) is 18.2 Å². The van der Waals surface area contributed by atoms with Crippen molar-refractivity contribution in [2.45, 2.75) is 45.8 Å². The highest BCUT2D eigenvalue weighted by atomic mass is 16.5. The van der Waals surface area contributed by atoms with E-state index in [-0.39, 0.29) is 0 Å². The van der Waals surface area contributed by atoms with E-state index in [1.807, 2.05) is 32.9 Å². The van der Waals surface area contributed by atoms with E-state index in [9.17, 15) is 5.11 Å². The molecule has 0 amide bonds. The molecule has 0 atom stereocenters. The molecule has 1 aromatic carbocycles. The van der Waals surface area contributed by atoms with Gasteiger partial charge < -0.3 is 20.9 Å². The Morgan fingerprint density at radius 3 is 2.33 bits per heavy atom. The maximum Gasteiger partial charge on any atom is 0.123 e. The Morgan fingerprint density at radius 1 is 1.22 bits per heavy atom. The van der Waals surface area contributed by atoms with Crippen molar-refractivity contribution < 1.29 is 9.84 Å². The number of aliphatic hydroxyl groups is 1. The fourth-order valence-corrected chi connectivity index (χ4v) is 1.46. The van der Waals surface area contributed by atoms with E-state index in [1.54, 1.807) is 19.9 Å². The number of nitrogen functional groups attached to an aromatic ring is 1. The molecular formula is C14H24N2O2. The van der Waals surface area contributed by atoms with Crippen LogP contribution in [0.4, 0.5) is 11.4 Å². The third kappa shape index (κ3) is 3.53. The lowest BCUT2D eigenvalue weighted by Gasteiger charge is -2.39. The summed E-state index contributed by atoms with van der Waals surface area (Å²) in [6, 6.07) is 5.50. The first kappa shape index (κ1) is 14.6. The molecule has 4 nitrogen and oxygen atoms in total. The zero-order valence-corrected chi connectivity index (χ0v) is 11.9. The summed E-state index contributed by atoms with van der Waals surface area (Å²) in [5.74, 6) is 0.728. The normalized spacial score (nSPS) is 12.3. The van der Waals surface area contributed by atoms with Crippen molar-refractivity contribution in [3.63, 3.8) is 0 Å². The minimum Gasteiger partial charge on any atom is -0.494 e. The van der Waals surface area contributed by atoms with E-state index >= 15 is 0 Å². The number of benzene rings is 1. The van der Waals surface area contributed by atoms with Gasteiger partial charge in [0.1, 0.15) is 5.75 Å². The van der Waals surface area contributed by atoms with Gasteiger partial charge in [0.15, 0.2) is 0 Å². The molecule has 0 saturated carbocycles. The van der Waals surface area contributed by atoms with Crippen LogP contribution in [-0.2, 0) is 0 Å². The van der Waals surface area contributed by atoms with Crippen LogP contribution in [0.25, 0.3) is 0 Å². The standard InChI is InChI=1S/C14H24N2O2/c1-6-18-12-8-10(15)7-11(9-12)16-13(2,3)14(4,5)17/h7-9,16-17H,6,15H2,1-5H3. The van der Waals surface area contributed by atoms with Gasteiger partial charge in [0, 0.05) is 23.5 Å². The van der Waals surface area contributed by atoms with Gasteiger partial charge in [-0.2, -0.15) is 0 Å². The second-order valence-electron chi connectivity index (χ2n) is 5.53. The van der Waals surface area contributed by atoms with Gasteiger partial charge in [0.2, 0.25) is 0 Å². The smallest absolute Gasteiger partial charge is 0.123 e. The first-order valence-electron chi connectivity index (χ1n) is 6.19. The number of anilines is 2. The Hall–Kier alpha value is -1.42. The van der Waals surface area contributed by atoms with Gasteiger partial charge in [-0.05, 0) is 40.7 Å². The fourth-order valence-electron chi connectivity index (χ4n) is 1.46. The molecule has 18 heavy (non-hydrogen) atoms. The molecule has 102 valence electrons. The van der Waals surface area contributed by atoms with Gasteiger partial charge in [-0.3, -0.25) is 0 Å². The van der Waals surface area contributed by atoms with Crippen LogP contribution >= 0.6 is 0 Å². The quantitative estimate of drug-likeness (QED) is 0.705. The third-order valence-electron chi connectivity index (χ3n) is 3.23. The Kier molecular flexibility index (Phi) is 4.12. The maximum absolute atomic E-state index is 10.1. The predicted molar refractivity (Wildman–Crippen MR) is 76.0 cm³/mol. The molecule has 0 fully saturated rings. The highest BCUT2D eigenvalue weighted by Crippen LogP contribution is 2.29. The topological polar surface area (TPSA) is 67.5 Å². The maximum atomic E-state index is 10.1. The van der Waals surface area contributed by atoms with E-state index in [0.717, 1.165) is 11.4 Å². The molecule has 0 aliphatic rings. The summed E-state index contributed by atoms with van der Waals surface area (Å²) in [7, 11) is 0. The monoisotopic (exact) mass is 252 g/mol. The molecule has 0 aliphatic carbocycles. The number of ether oxygens (including phenoxy) is 1. The Bertz CT molecular complexity index is 409. The average Bonchev–Trinajstić information content (AvgIpc) is 2.13. The van der Waals surface area contributed by atoms with Crippen LogP contribution < -0.4 is 15.8 Å². The van der Waals surface area contributed by atoms with E-state index in [4.69, 9.17) is 10.5 Å². The first-order chi connectivity index (χ1) is 8.15. The van der Waals surface area contributed by atoms with Crippen LogP contribution in [0, 0.1) is 0 Å². The number of hydrogen-bond donors (Lipinski definition) is 3. The van der Waals surface area contributed by atoms with Gasteiger partial charge in [-0.1, -0.05) is 0 Å². The largest absolute Gasteiger partial charge is 0.494 e. The van der Waals surface area contributed by atoms with Crippen molar-refractivity contribution in [3.8, 4) is 5.75 Å². The molecule has 0 saturated heterocycles. The lowest BCUT2D eigenvalue weighted by molar-refractivity contribution is 0.0240. The summed E-state index contributed by atoms with van der Waals surface area (Å²) >= 11 is 0. The second kappa shape index (κ2) is 5.06. The van der Waals surface area contributed by atoms with Crippen molar-refractivity contribution in [3.05, 3.63) is 18.2 Å². The Morgan fingerprint density at radius 2 is 1.83 bits per heavy atom. The predicted octanol–water partition coefficient (Wildman–Crippen LogP) is 2.63. The lowest BCUT2D eigenvalue weighted by Crippen LogP contribution is -2.51. The van der Waals surface area contributed by atoms with E-state index in [1.165, 1.54) is 0 Å². The summed E-state index contributed by atoms with van der Waals surface area (Å²) in [4.78, 5) is 0. The van der Waals surface area contributed by atoms with E-state index in [0.29, 0.717) is 12.3 Å². The number of nitrogens with two attached hydrogens (primary N) is 1. The molecule has 4 N–H and O–H groups in total. The Labute approximate surface area is 109 Å². The van der Waals surface area contributed by atoms with E-state index < -0.39 is 11.1 Å². The van der Waals surface area contributed by atoms with Crippen molar-refractivity contribution in [2.24, 2.45) is 0 Å². The molecule has 0 radical (unpaired) electrons. The summed E-state index contributed by atoms with van der Waals surface area (Å²) in [6.45, 7) is 9.95. The zero-order chi connectivity index (χ0) is 14.0. The van der Waals surface area contributed by atoms with Crippen molar-refractivity contribution in [2.75, 3.05) is 17.7 Å². The highest BCUT2D eigenvalue weighted by molar-refractivity contribution is 5.60. The first-order valence-corrected chi connectivity index (χ1v) is 6.19. The molecule has 0 bridgehead atoms. The summed E-state index contributed by atoms with van der Waals surface area (Å²) in [6.07, 6.45) is 0. The van der Waals surface area contributed by atoms with Crippen LogP contribution in [0.3, 0.4) is 0 Å². The second-order valence-corrected chi connectivity index (χ2v) is 5.53. The van der Waals surface area contributed by atoms with Crippen LogP contribution in [0.2, 0.25) is 0 Å². The van der Waals surface area contributed by atoms with E-state index in [2.05, 4.69) is 5.32 Å². The highest BCUT2D eigenvalue weighted by Gasteiger charge is 2.34.